The van der Waals surface area contributed by atoms with Gasteiger partial charge in [-0.15, -0.1) is 0 Å². The summed E-state index contributed by atoms with van der Waals surface area (Å²) >= 11 is 0. The van der Waals surface area contributed by atoms with Crippen LogP contribution in [-0.2, 0) is 19.9 Å². The highest BCUT2D eigenvalue weighted by atomic mass is 32.2. The summed E-state index contributed by atoms with van der Waals surface area (Å²) in [7, 11) is -6.70. The Balaban J connectivity index is 2.45. The van der Waals surface area contributed by atoms with Crippen molar-refractivity contribution in [3.05, 3.63) is 0 Å². The fourth-order valence-electron chi connectivity index (χ4n) is 1.98. The Bertz CT molecular complexity index is 506. The van der Waals surface area contributed by atoms with E-state index in [2.05, 4.69) is 10.0 Å². The summed E-state index contributed by atoms with van der Waals surface area (Å²) in [5.41, 5.74) is 0. The van der Waals surface area contributed by atoms with Crippen LogP contribution in [0.5, 0.6) is 0 Å². The van der Waals surface area contributed by atoms with Gasteiger partial charge in [0.25, 0.3) is 0 Å². The average Bonchev–Trinajstić information content (AvgIpc) is 2.34. The van der Waals surface area contributed by atoms with Crippen molar-refractivity contribution in [1.29, 1.82) is 0 Å². The molecule has 1 aliphatic rings. The first-order chi connectivity index (χ1) is 9.04. The van der Waals surface area contributed by atoms with Crippen LogP contribution in [0.3, 0.4) is 0 Å². The number of sulfonamides is 1. The van der Waals surface area contributed by atoms with Crippen LogP contribution < -0.4 is 10.0 Å². The third kappa shape index (κ3) is 5.67. The molecular formula is C12H26N2O4S2. The quantitative estimate of drug-likeness (QED) is 0.693. The molecule has 0 saturated carbocycles. The van der Waals surface area contributed by atoms with E-state index in [0.29, 0.717) is 12.3 Å². The molecule has 0 bridgehead atoms. The fourth-order valence-corrected chi connectivity index (χ4v) is 3.77. The monoisotopic (exact) mass is 326 g/mol. The van der Waals surface area contributed by atoms with Crippen LogP contribution in [-0.4, -0.2) is 53.2 Å². The first-order valence-electron chi connectivity index (χ1n) is 6.91. The third-order valence-corrected chi connectivity index (χ3v) is 7.48. The summed E-state index contributed by atoms with van der Waals surface area (Å²) in [6, 6.07) is 0. The zero-order valence-electron chi connectivity index (χ0n) is 12.5. The van der Waals surface area contributed by atoms with Crippen LogP contribution in [0.25, 0.3) is 0 Å². The molecule has 2 N–H and O–H groups in total. The van der Waals surface area contributed by atoms with Crippen molar-refractivity contribution in [1.82, 2.24) is 10.0 Å². The van der Waals surface area contributed by atoms with Gasteiger partial charge in [-0.3, -0.25) is 0 Å². The molecule has 0 amide bonds. The lowest BCUT2D eigenvalue weighted by Crippen LogP contribution is -2.44. The normalized spacial score (nSPS) is 19.1. The van der Waals surface area contributed by atoms with E-state index in [1.165, 1.54) is 13.8 Å². The second kappa shape index (κ2) is 6.72. The third-order valence-electron chi connectivity index (χ3n) is 3.98. The maximum absolute atomic E-state index is 11.9. The predicted octanol–water partition coefficient (Wildman–Crippen LogP) is 0.119. The van der Waals surface area contributed by atoms with Gasteiger partial charge in [-0.2, -0.15) is 0 Å². The van der Waals surface area contributed by atoms with Gasteiger partial charge in [0.1, 0.15) is 0 Å². The van der Waals surface area contributed by atoms with Crippen LogP contribution in [0.2, 0.25) is 0 Å². The van der Waals surface area contributed by atoms with Gasteiger partial charge in [0.15, 0.2) is 9.84 Å². The van der Waals surface area contributed by atoms with Gasteiger partial charge in [0.2, 0.25) is 10.0 Å². The van der Waals surface area contributed by atoms with E-state index in [4.69, 9.17) is 0 Å². The topological polar surface area (TPSA) is 92.3 Å². The van der Waals surface area contributed by atoms with Gasteiger partial charge in [-0.25, -0.2) is 21.6 Å². The van der Waals surface area contributed by atoms with E-state index in [9.17, 15) is 16.8 Å². The van der Waals surface area contributed by atoms with Crippen LogP contribution in [0.15, 0.2) is 0 Å². The number of hydrogen-bond donors (Lipinski definition) is 2. The minimum absolute atomic E-state index is 0.0670. The number of hydrogen-bond acceptors (Lipinski definition) is 5. The van der Waals surface area contributed by atoms with E-state index >= 15 is 0 Å². The molecule has 0 atom stereocenters. The van der Waals surface area contributed by atoms with E-state index in [1.807, 2.05) is 0 Å². The van der Waals surface area contributed by atoms with Crippen molar-refractivity contribution in [3.63, 3.8) is 0 Å². The van der Waals surface area contributed by atoms with Gasteiger partial charge in [0.05, 0.1) is 10.5 Å². The lowest BCUT2D eigenvalue weighted by molar-refractivity contribution is 0.365. The molecule has 1 aliphatic heterocycles. The highest BCUT2D eigenvalue weighted by molar-refractivity contribution is 7.92. The Hall–Kier alpha value is -0.180. The highest BCUT2D eigenvalue weighted by Gasteiger charge is 2.31. The van der Waals surface area contributed by atoms with Crippen molar-refractivity contribution >= 4 is 19.9 Å². The molecule has 120 valence electrons. The lowest BCUT2D eigenvalue weighted by atomic mass is 9.96. The Morgan fingerprint density at radius 3 is 2.20 bits per heavy atom. The van der Waals surface area contributed by atoms with E-state index in [-0.39, 0.29) is 12.3 Å². The largest absolute Gasteiger partial charge is 0.317 e. The molecule has 0 spiro atoms. The first kappa shape index (κ1) is 17.9. The Labute approximate surface area is 122 Å². The molecule has 0 aliphatic carbocycles. The fraction of sp³-hybridized carbons (Fsp3) is 1.00. The minimum atomic E-state index is -3.41. The summed E-state index contributed by atoms with van der Waals surface area (Å²) in [5.74, 6) is 0.507. The minimum Gasteiger partial charge on any atom is -0.317 e. The van der Waals surface area contributed by atoms with Crippen molar-refractivity contribution in [2.75, 3.05) is 31.6 Å². The Morgan fingerprint density at radius 1 is 1.15 bits per heavy atom. The van der Waals surface area contributed by atoms with Crippen LogP contribution in [0, 0.1) is 5.92 Å². The van der Waals surface area contributed by atoms with Crippen LogP contribution >= 0.6 is 0 Å². The molecule has 0 aromatic carbocycles. The Kier molecular flexibility index (Phi) is 6.01. The molecule has 0 aromatic rings. The predicted molar refractivity (Wildman–Crippen MR) is 80.9 cm³/mol. The molecule has 1 heterocycles. The number of piperidine rings is 1. The lowest BCUT2D eigenvalue weighted by Gasteiger charge is -2.24. The van der Waals surface area contributed by atoms with Crippen molar-refractivity contribution in [3.8, 4) is 0 Å². The first-order valence-corrected chi connectivity index (χ1v) is 10.5. The van der Waals surface area contributed by atoms with Crippen molar-refractivity contribution < 1.29 is 16.8 Å². The number of rotatable bonds is 7. The van der Waals surface area contributed by atoms with Gasteiger partial charge < -0.3 is 5.32 Å². The van der Waals surface area contributed by atoms with Gasteiger partial charge in [-0.1, -0.05) is 0 Å². The SMILES string of the molecule is CC(C)(CNS(=O)(=O)CCC1CCNCC1)S(C)(=O)=O. The molecule has 0 aromatic heterocycles. The standard InChI is InChI=1S/C12H26N2O4S2/c1-12(2,19(3,15)16)10-14-20(17,18)9-6-11-4-7-13-8-5-11/h11,13-14H,4-10H2,1-3H3. The number of nitrogens with one attached hydrogen (secondary N) is 2. The molecular weight excluding hydrogens is 300 g/mol. The maximum Gasteiger partial charge on any atom is 0.211 e. The molecule has 1 saturated heterocycles. The maximum atomic E-state index is 11.9. The van der Waals surface area contributed by atoms with Gasteiger partial charge >= 0.3 is 0 Å². The Morgan fingerprint density at radius 2 is 1.70 bits per heavy atom. The molecule has 1 rings (SSSR count). The smallest absolute Gasteiger partial charge is 0.211 e. The second-order valence-electron chi connectivity index (χ2n) is 6.15. The average molecular weight is 326 g/mol. The summed E-state index contributed by atoms with van der Waals surface area (Å²) in [4.78, 5) is 0. The van der Waals surface area contributed by atoms with E-state index < -0.39 is 24.6 Å². The summed E-state index contributed by atoms with van der Waals surface area (Å²) in [6.45, 7) is 4.86. The molecule has 0 unspecified atom stereocenters. The van der Waals surface area contributed by atoms with E-state index in [1.54, 1.807) is 0 Å². The van der Waals surface area contributed by atoms with Crippen LogP contribution in [0.1, 0.15) is 33.1 Å². The zero-order chi connectivity index (χ0) is 15.4. The summed E-state index contributed by atoms with van der Waals surface area (Å²) in [5, 5.41) is 3.24. The summed E-state index contributed by atoms with van der Waals surface area (Å²) < 4.78 is 48.3. The zero-order valence-corrected chi connectivity index (χ0v) is 14.1. The van der Waals surface area contributed by atoms with Gasteiger partial charge in [0, 0.05) is 12.8 Å². The molecule has 0 radical (unpaired) electrons. The van der Waals surface area contributed by atoms with Crippen LogP contribution in [0.4, 0.5) is 0 Å². The molecule has 20 heavy (non-hydrogen) atoms. The summed E-state index contributed by atoms with van der Waals surface area (Å²) in [6.07, 6.45) is 3.77. The molecule has 6 nitrogen and oxygen atoms in total. The van der Waals surface area contributed by atoms with Crippen molar-refractivity contribution in [2.24, 2.45) is 5.92 Å². The van der Waals surface area contributed by atoms with E-state index in [0.717, 1.165) is 32.2 Å². The second-order valence-corrected chi connectivity index (χ2v) is 10.7. The highest BCUT2D eigenvalue weighted by Crippen LogP contribution is 2.17. The van der Waals surface area contributed by atoms with Gasteiger partial charge in [-0.05, 0) is 52.1 Å². The molecule has 1 fully saturated rings. The molecule has 8 heteroatoms. The van der Waals surface area contributed by atoms with Crippen molar-refractivity contribution in [2.45, 2.75) is 37.9 Å². The number of sulfone groups is 1.